The van der Waals surface area contributed by atoms with E-state index in [1.807, 2.05) is 6.07 Å². The number of piperazine rings is 1. The molecule has 5 rings (SSSR count). The van der Waals surface area contributed by atoms with E-state index in [2.05, 4.69) is 20.2 Å². The van der Waals surface area contributed by atoms with Crippen molar-refractivity contribution < 1.29 is 24.6 Å². The minimum absolute atomic E-state index is 0.0142. The molecule has 1 saturated carbocycles. The zero-order valence-corrected chi connectivity index (χ0v) is 22.8. The zero-order chi connectivity index (χ0) is 29.3. The van der Waals surface area contributed by atoms with Crippen LogP contribution in [0.3, 0.4) is 0 Å². The average molecular weight is 562 g/mol. The number of anilines is 3. The van der Waals surface area contributed by atoms with Gasteiger partial charge in [0.05, 0.1) is 17.4 Å². The monoisotopic (exact) mass is 561 g/mol. The van der Waals surface area contributed by atoms with Crippen LogP contribution in [0.1, 0.15) is 54.6 Å². The molecule has 4 heterocycles. The molecule has 214 valence electrons. The van der Waals surface area contributed by atoms with Crippen LogP contribution in [0.15, 0.2) is 41.1 Å². The van der Waals surface area contributed by atoms with E-state index in [-0.39, 0.29) is 28.9 Å². The van der Waals surface area contributed by atoms with Crippen LogP contribution in [0.2, 0.25) is 0 Å². The molecular weight excluding hydrogens is 530 g/mol. The van der Waals surface area contributed by atoms with Gasteiger partial charge >= 0.3 is 11.9 Å². The Hall–Kier alpha value is -4.81. The van der Waals surface area contributed by atoms with Crippen LogP contribution in [0.5, 0.6) is 0 Å². The Morgan fingerprint density at radius 2 is 1.68 bits per heavy atom. The molecule has 1 aliphatic heterocycles. The Labute approximate surface area is 235 Å². The number of Topliss-reactive ketones (excluding diaryl/α,β-unsaturated/α-hetero) is 1. The molecule has 0 bridgehead atoms. The topological polar surface area (TPSA) is 171 Å². The molecule has 0 spiro atoms. The molecule has 3 aromatic rings. The van der Waals surface area contributed by atoms with Crippen LogP contribution in [0, 0.1) is 6.92 Å². The molecule has 1 saturated heterocycles. The van der Waals surface area contributed by atoms with Crippen molar-refractivity contribution in [3.8, 4) is 0 Å². The number of carboxylic acid groups (broad SMARTS) is 2. The van der Waals surface area contributed by atoms with E-state index < -0.39 is 17.5 Å². The molecule has 2 fully saturated rings. The second kappa shape index (κ2) is 11.4. The van der Waals surface area contributed by atoms with E-state index in [0.717, 1.165) is 31.4 Å². The summed E-state index contributed by atoms with van der Waals surface area (Å²) in [5.41, 5.74) is 1.16. The molecule has 0 amide bonds. The maximum atomic E-state index is 13.4. The van der Waals surface area contributed by atoms with Crippen LogP contribution in [0.25, 0.3) is 11.0 Å². The largest absolute Gasteiger partial charge is 0.477 e. The fourth-order valence-electron chi connectivity index (χ4n) is 5.56. The first-order valence-electron chi connectivity index (χ1n) is 13.5. The molecule has 0 unspecified atom stereocenters. The second-order valence-corrected chi connectivity index (χ2v) is 10.3. The third-order valence-electron chi connectivity index (χ3n) is 7.69. The number of pyridine rings is 2. The number of carbonyl (C=O) groups is 3. The lowest BCUT2D eigenvalue weighted by atomic mass is 10.0. The van der Waals surface area contributed by atoms with Crippen molar-refractivity contribution >= 4 is 46.2 Å². The Morgan fingerprint density at radius 3 is 2.27 bits per heavy atom. The maximum absolute atomic E-state index is 13.4. The highest BCUT2D eigenvalue weighted by Crippen LogP contribution is 2.32. The number of ketones is 1. The fraction of sp³-hybridized carbons (Fsp3) is 0.393. The molecule has 3 aromatic heterocycles. The van der Waals surface area contributed by atoms with Gasteiger partial charge in [-0.15, -0.1) is 0 Å². The van der Waals surface area contributed by atoms with Gasteiger partial charge in [0.25, 0.3) is 5.56 Å². The van der Waals surface area contributed by atoms with E-state index in [1.165, 1.54) is 13.1 Å². The van der Waals surface area contributed by atoms with E-state index >= 15 is 0 Å². The van der Waals surface area contributed by atoms with Crippen LogP contribution in [-0.4, -0.2) is 78.5 Å². The first kappa shape index (κ1) is 27.7. The number of fused-ring (bicyclic) bond motifs is 1. The van der Waals surface area contributed by atoms with Gasteiger partial charge in [-0.3, -0.25) is 14.2 Å². The van der Waals surface area contributed by atoms with Gasteiger partial charge in [0.15, 0.2) is 11.4 Å². The van der Waals surface area contributed by atoms with Gasteiger partial charge in [-0.1, -0.05) is 12.8 Å². The number of aryl methyl sites for hydroxylation is 1. The fourth-order valence-corrected chi connectivity index (χ4v) is 5.56. The van der Waals surface area contributed by atoms with E-state index in [9.17, 15) is 19.2 Å². The van der Waals surface area contributed by atoms with Gasteiger partial charge in [-0.25, -0.2) is 19.6 Å². The molecule has 0 atom stereocenters. The summed E-state index contributed by atoms with van der Waals surface area (Å²) in [5.74, 6) is -2.42. The van der Waals surface area contributed by atoms with E-state index in [1.54, 1.807) is 34.9 Å². The first-order chi connectivity index (χ1) is 19.6. The third kappa shape index (κ3) is 5.60. The highest BCUT2D eigenvalue weighted by atomic mass is 16.4. The third-order valence-corrected chi connectivity index (χ3v) is 7.69. The zero-order valence-electron chi connectivity index (χ0n) is 22.8. The van der Waals surface area contributed by atoms with Crippen molar-refractivity contribution in [3.05, 3.63) is 57.8 Å². The lowest BCUT2D eigenvalue weighted by molar-refractivity contribution is -0.140. The highest BCUT2D eigenvalue weighted by molar-refractivity contribution is 6.12. The standard InChI is InChI=1S/C28H31N7O6/c1-16-20-14-30-28(32-24(20)35(18-5-3-4-6-18)25(37)23(16)17(2)36)31-22-8-7-19(13-29-22)34-11-9-33(10-12-34)15-21(26(38)39)27(40)41/h7-8,13-15,18H,3-6,9-12H2,1-2H3,(H,38,39)(H,40,41)(H,29,30,31,32). The average Bonchev–Trinajstić information content (AvgIpc) is 3.46. The van der Waals surface area contributed by atoms with Crippen molar-refractivity contribution in [2.45, 2.75) is 45.6 Å². The summed E-state index contributed by atoms with van der Waals surface area (Å²) in [7, 11) is 0. The van der Waals surface area contributed by atoms with Gasteiger partial charge in [-0.05, 0) is 44.4 Å². The smallest absolute Gasteiger partial charge is 0.344 e. The SMILES string of the molecule is CC(=O)c1c(C)c2cnc(Nc3ccc(N4CCN(C=C(C(=O)O)C(=O)O)CC4)cn3)nc2n(C2CCCC2)c1=O. The number of rotatable bonds is 8. The summed E-state index contributed by atoms with van der Waals surface area (Å²) >= 11 is 0. The molecule has 13 nitrogen and oxygen atoms in total. The van der Waals surface area contributed by atoms with Gasteiger partial charge in [0.1, 0.15) is 11.5 Å². The summed E-state index contributed by atoms with van der Waals surface area (Å²) in [6.45, 7) is 5.21. The first-order valence-corrected chi connectivity index (χ1v) is 13.5. The summed E-state index contributed by atoms with van der Waals surface area (Å²) in [5, 5.41) is 21.9. The number of hydrogen-bond donors (Lipinski definition) is 3. The van der Waals surface area contributed by atoms with Crippen molar-refractivity contribution in [3.63, 3.8) is 0 Å². The predicted octanol–water partition coefficient (Wildman–Crippen LogP) is 2.73. The van der Waals surface area contributed by atoms with Crippen LogP contribution >= 0.6 is 0 Å². The summed E-state index contributed by atoms with van der Waals surface area (Å²) in [6.07, 6.45) is 8.27. The second-order valence-electron chi connectivity index (χ2n) is 10.3. The van der Waals surface area contributed by atoms with Gasteiger partial charge in [0, 0.05) is 50.0 Å². The lowest BCUT2D eigenvalue weighted by Crippen LogP contribution is -2.44. The maximum Gasteiger partial charge on any atom is 0.344 e. The Bertz CT molecular complexity index is 1580. The summed E-state index contributed by atoms with van der Waals surface area (Å²) < 4.78 is 1.67. The molecule has 13 heteroatoms. The van der Waals surface area contributed by atoms with E-state index in [0.29, 0.717) is 48.6 Å². The van der Waals surface area contributed by atoms with Crippen molar-refractivity contribution in [1.82, 2.24) is 24.4 Å². The number of aromatic nitrogens is 4. The minimum atomic E-state index is -1.47. The van der Waals surface area contributed by atoms with Crippen molar-refractivity contribution in [2.24, 2.45) is 0 Å². The Morgan fingerprint density at radius 1 is 1.00 bits per heavy atom. The Kier molecular flexibility index (Phi) is 7.68. The molecule has 41 heavy (non-hydrogen) atoms. The van der Waals surface area contributed by atoms with Crippen LogP contribution < -0.4 is 15.8 Å². The number of carbonyl (C=O) groups excluding carboxylic acids is 1. The number of nitrogens with zero attached hydrogens (tertiary/aromatic N) is 6. The highest BCUT2D eigenvalue weighted by Gasteiger charge is 2.26. The molecule has 1 aliphatic carbocycles. The van der Waals surface area contributed by atoms with E-state index in [4.69, 9.17) is 15.2 Å². The molecule has 3 N–H and O–H groups in total. The predicted molar refractivity (Wildman–Crippen MR) is 151 cm³/mol. The Balaban J connectivity index is 1.34. The minimum Gasteiger partial charge on any atom is -0.477 e. The van der Waals surface area contributed by atoms with Crippen LogP contribution in [-0.2, 0) is 9.59 Å². The number of carboxylic acids is 2. The summed E-state index contributed by atoms with van der Waals surface area (Å²) in [6, 6.07) is 3.66. The quantitative estimate of drug-likeness (QED) is 0.159. The molecule has 0 aromatic carbocycles. The van der Waals surface area contributed by atoms with Crippen molar-refractivity contribution in [2.75, 3.05) is 36.4 Å². The number of hydrogen-bond acceptors (Lipinski definition) is 10. The van der Waals surface area contributed by atoms with Gasteiger partial charge in [0.2, 0.25) is 5.95 Å². The normalized spacial score (nSPS) is 15.7. The van der Waals surface area contributed by atoms with Gasteiger partial charge in [-0.2, -0.15) is 4.98 Å². The number of nitrogens with one attached hydrogen (secondary N) is 1. The molecular formula is C28H31N7O6. The van der Waals surface area contributed by atoms with Crippen LogP contribution in [0.4, 0.5) is 17.5 Å². The summed E-state index contributed by atoms with van der Waals surface area (Å²) in [4.78, 5) is 65.4. The lowest BCUT2D eigenvalue weighted by Gasteiger charge is -2.35. The molecule has 0 radical (unpaired) electrons. The number of aliphatic carboxylic acids is 2. The molecule has 2 aliphatic rings. The van der Waals surface area contributed by atoms with Gasteiger partial charge < -0.3 is 25.3 Å². The van der Waals surface area contributed by atoms with Crippen molar-refractivity contribution in [1.29, 1.82) is 0 Å².